The Balaban J connectivity index is 1.65. The Morgan fingerprint density at radius 1 is 1.07 bits per heavy atom. The van der Waals surface area contributed by atoms with Gasteiger partial charge in [-0.05, 0) is 35.9 Å². The Hall–Kier alpha value is -2.78. The molecule has 3 atom stereocenters. The monoisotopic (exact) mass is 413 g/mol. The number of fused-ring (bicyclic) bond motifs is 2. The maximum atomic E-state index is 13.3. The Bertz CT molecular complexity index is 1140. The van der Waals surface area contributed by atoms with Crippen molar-refractivity contribution in [2.24, 2.45) is 5.92 Å². The lowest BCUT2D eigenvalue weighted by Crippen LogP contribution is -2.32. The summed E-state index contributed by atoms with van der Waals surface area (Å²) in [4.78, 5) is 47.0. The van der Waals surface area contributed by atoms with Crippen molar-refractivity contribution in [3.63, 3.8) is 0 Å². The van der Waals surface area contributed by atoms with Gasteiger partial charge in [0.25, 0.3) is 0 Å². The van der Waals surface area contributed by atoms with E-state index < -0.39 is 22.9 Å². The molecule has 0 radical (unpaired) electrons. The van der Waals surface area contributed by atoms with Crippen molar-refractivity contribution in [2.45, 2.75) is 16.2 Å². The lowest BCUT2D eigenvalue weighted by atomic mass is 9.84. The van der Waals surface area contributed by atoms with Crippen molar-refractivity contribution in [1.29, 1.82) is 0 Å². The van der Waals surface area contributed by atoms with Gasteiger partial charge in [-0.25, -0.2) is 9.29 Å². The van der Waals surface area contributed by atoms with Gasteiger partial charge in [-0.15, -0.1) is 0 Å². The normalized spacial score (nSPS) is 23.6. The summed E-state index contributed by atoms with van der Waals surface area (Å²) in [6.07, 6.45) is 3.29. The van der Waals surface area contributed by atoms with Crippen LogP contribution in [0, 0.1) is 11.7 Å². The first kappa shape index (κ1) is 17.3. The fraction of sp³-hybridized carbons (Fsp3) is 0.158. The second-order valence-electron chi connectivity index (χ2n) is 6.52. The number of carbonyl (C=O) groups is 2. The summed E-state index contributed by atoms with van der Waals surface area (Å²) in [7, 11) is 0. The minimum atomic E-state index is -0.666. The van der Waals surface area contributed by atoms with Gasteiger partial charge in [0.2, 0.25) is 11.8 Å². The second-order valence-corrected chi connectivity index (χ2v) is 8.69. The molecule has 0 saturated carbocycles. The standard InChI is InChI=1S/C19H12FN3O3S2/c20-10-3-5-11(6-4-10)23-17(24)13-12(9-2-1-7-21-8-9)14-16(22-19(26)28-14)27-15(13)18(23)25/h1-8,12-13,15H,(H,22,26)/t12-,13?,15?/m1/s1. The van der Waals surface area contributed by atoms with Crippen LogP contribution >= 0.6 is 23.1 Å². The molecule has 1 aromatic carbocycles. The average Bonchev–Trinajstić information content (AvgIpc) is 3.18. The molecule has 2 unspecified atom stereocenters. The topological polar surface area (TPSA) is 83.1 Å². The van der Waals surface area contributed by atoms with Gasteiger partial charge in [0.15, 0.2) is 0 Å². The third-order valence-electron chi connectivity index (χ3n) is 4.95. The number of benzene rings is 1. The van der Waals surface area contributed by atoms with Crippen LogP contribution in [-0.2, 0) is 9.59 Å². The SMILES string of the molecule is O=C1C2Sc3[nH]c(=O)sc3[C@H](c3cccnc3)C2C(=O)N1c1ccc(F)cc1. The van der Waals surface area contributed by atoms with Crippen molar-refractivity contribution < 1.29 is 14.0 Å². The van der Waals surface area contributed by atoms with Crippen molar-refractivity contribution >= 4 is 40.6 Å². The third-order valence-corrected chi connectivity index (χ3v) is 7.35. The highest BCUT2D eigenvalue weighted by atomic mass is 32.2. The molecule has 1 N–H and O–H groups in total. The van der Waals surface area contributed by atoms with Gasteiger partial charge >= 0.3 is 4.87 Å². The number of thiazole rings is 1. The zero-order chi connectivity index (χ0) is 19.4. The number of aromatic nitrogens is 2. The first-order valence-electron chi connectivity index (χ1n) is 8.47. The van der Waals surface area contributed by atoms with Crippen molar-refractivity contribution in [2.75, 3.05) is 4.90 Å². The van der Waals surface area contributed by atoms with E-state index in [1.165, 1.54) is 36.0 Å². The number of aromatic amines is 1. The number of pyridine rings is 1. The van der Waals surface area contributed by atoms with E-state index in [1.807, 2.05) is 6.07 Å². The van der Waals surface area contributed by atoms with Crippen LogP contribution in [0.25, 0.3) is 0 Å². The lowest BCUT2D eigenvalue weighted by molar-refractivity contribution is -0.122. The van der Waals surface area contributed by atoms with E-state index in [0.717, 1.165) is 26.7 Å². The van der Waals surface area contributed by atoms with E-state index in [-0.39, 0.29) is 16.7 Å². The molecule has 1 fully saturated rings. The van der Waals surface area contributed by atoms with Gasteiger partial charge < -0.3 is 4.98 Å². The van der Waals surface area contributed by atoms with E-state index in [0.29, 0.717) is 10.7 Å². The molecule has 0 bridgehead atoms. The van der Waals surface area contributed by atoms with Gasteiger partial charge in [-0.1, -0.05) is 29.2 Å². The zero-order valence-electron chi connectivity index (χ0n) is 14.2. The molecule has 140 valence electrons. The molecular weight excluding hydrogens is 401 g/mol. The number of imide groups is 1. The molecule has 28 heavy (non-hydrogen) atoms. The van der Waals surface area contributed by atoms with Gasteiger partial charge in [0.1, 0.15) is 11.1 Å². The average molecular weight is 413 g/mol. The number of carbonyl (C=O) groups excluding carboxylic acids is 2. The van der Waals surface area contributed by atoms with Crippen LogP contribution in [-0.4, -0.2) is 27.0 Å². The smallest absolute Gasteiger partial charge is 0.305 e. The number of nitrogens with one attached hydrogen (secondary N) is 1. The van der Waals surface area contributed by atoms with E-state index in [4.69, 9.17) is 0 Å². The van der Waals surface area contributed by atoms with Crippen LogP contribution in [0.15, 0.2) is 58.6 Å². The molecule has 2 aliphatic heterocycles. The quantitative estimate of drug-likeness (QED) is 0.654. The van der Waals surface area contributed by atoms with Crippen LogP contribution in [0.5, 0.6) is 0 Å². The summed E-state index contributed by atoms with van der Waals surface area (Å²) >= 11 is 2.26. The molecule has 5 rings (SSSR count). The summed E-state index contributed by atoms with van der Waals surface area (Å²) in [6.45, 7) is 0. The molecule has 2 amide bonds. The number of hydrogen-bond donors (Lipinski definition) is 1. The van der Waals surface area contributed by atoms with Crippen LogP contribution in [0.1, 0.15) is 16.4 Å². The molecular formula is C19H12FN3O3S2. The number of rotatable bonds is 2. The maximum Gasteiger partial charge on any atom is 0.305 e. The highest BCUT2D eigenvalue weighted by Gasteiger charge is 2.56. The van der Waals surface area contributed by atoms with Gasteiger partial charge in [-0.3, -0.25) is 19.4 Å². The summed E-state index contributed by atoms with van der Waals surface area (Å²) in [6, 6.07) is 8.89. The fourth-order valence-corrected chi connectivity index (χ4v) is 6.30. The maximum absolute atomic E-state index is 13.3. The number of halogens is 1. The number of H-pyrrole nitrogens is 1. The van der Waals surface area contributed by atoms with E-state index in [9.17, 15) is 18.8 Å². The van der Waals surface area contributed by atoms with E-state index >= 15 is 0 Å². The van der Waals surface area contributed by atoms with Crippen LogP contribution in [0.2, 0.25) is 0 Å². The summed E-state index contributed by atoms with van der Waals surface area (Å²) in [5.74, 6) is -2.26. The Morgan fingerprint density at radius 2 is 1.86 bits per heavy atom. The first-order chi connectivity index (χ1) is 13.5. The van der Waals surface area contributed by atoms with Gasteiger partial charge in [0.05, 0.1) is 16.6 Å². The molecule has 4 heterocycles. The van der Waals surface area contributed by atoms with Crippen molar-refractivity contribution in [3.05, 3.63) is 74.7 Å². The number of amides is 2. The lowest BCUT2D eigenvalue weighted by Gasteiger charge is -2.29. The van der Waals surface area contributed by atoms with E-state index in [2.05, 4.69) is 9.97 Å². The van der Waals surface area contributed by atoms with Crippen molar-refractivity contribution in [1.82, 2.24) is 9.97 Å². The fourth-order valence-electron chi connectivity index (χ4n) is 3.78. The van der Waals surface area contributed by atoms with E-state index in [1.54, 1.807) is 18.5 Å². The molecule has 6 nitrogen and oxygen atoms in total. The molecule has 9 heteroatoms. The molecule has 0 aliphatic carbocycles. The van der Waals surface area contributed by atoms with Gasteiger partial charge in [-0.2, -0.15) is 0 Å². The second kappa shape index (κ2) is 6.39. The summed E-state index contributed by atoms with van der Waals surface area (Å²) < 4.78 is 13.3. The largest absolute Gasteiger partial charge is 0.307 e. The minimum absolute atomic E-state index is 0.221. The van der Waals surface area contributed by atoms with Crippen molar-refractivity contribution in [3.8, 4) is 0 Å². The first-order valence-corrected chi connectivity index (χ1v) is 10.2. The number of thioether (sulfide) groups is 1. The third kappa shape index (κ3) is 2.54. The number of nitrogens with zero attached hydrogens (tertiary/aromatic N) is 2. The Labute approximate surface area is 166 Å². The molecule has 2 aromatic heterocycles. The number of anilines is 1. The molecule has 0 spiro atoms. The predicted molar refractivity (Wildman–Crippen MR) is 103 cm³/mol. The van der Waals surface area contributed by atoms with Gasteiger partial charge in [0, 0.05) is 23.2 Å². The van der Waals surface area contributed by atoms with Crippen LogP contribution in [0.3, 0.4) is 0 Å². The highest BCUT2D eigenvalue weighted by Crippen LogP contribution is 2.52. The minimum Gasteiger partial charge on any atom is -0.307 e. The number of hydrogen-bond acceptors (Lipinski definition) is 6. The highest BCUT2D eigenvalue weighted by molar-refractivity contribution is 8.00. The van der Waals surface area contributed by atoms with Crippen LogP contribution in [0.4, 0.5) is 10.1 Å². The molecule has 3 aromatic rings. The summed E-state index contributed by atoms with van der Waals surface area (Å²) in [5, 5.41) is -0.0484. The Kier molecular flexibility index (Phi) is 3.95. The van der Waals surface area contributed by atoms with Crippen LogP contribution < -0.4 is 9.77 Å². The molecule has 1 saturated heterocycles. The predicted octanol–water partition coefficient (Wildman–Crippen LogP) is 2.77. The zero-order valence-corrected chi connectivity index (χ0v) is 15.8. The summed E-state index contributed by atoms with van der Waals surface area (Å²) in [5.41, 5.74) is 1.12. The Morgan fingerprint density at radius 3 is 2.57 bits per heavy atom. The molecule has 2 aliphatic rings.